The summed E-state index contributed by atoms with van der Waals surface area (Å²) in [4.78, 5) is 10.1. The van der Waals surface area contributed by atoms with E-state index in [0.717, 1.165) is 0 Å². The predicted molar refractivity (Wildman–Crippen MR) is 75.5 cm³/mol. The first kappa shape index (κ1) is 13.3. The maximum atomic E-state index is 10.8. The molecule has 0 aliphatic rings. The Bertz CT molecular complexity index is 626. The summed E-state index contributed by atoms with van der Waals surface area (Å²) in [6.45, 7) is 0. The molecule has 0 aliphatic carbocycles. The van der Waals surface area contributed by atoms with Crippen LogP contribution in [0.3, 0.4) is 0 Å². The predicted octanol–water partition coefficient (Wildman–Crippen LogP) is 3.43. The lowest BCUT2D eigenvalue weighted by Crippen LogP contribution is -2.10. The summed E-state index contributed by atoms with van der Waals surface area (Å²) < 4.78 is 0. The van der Waals surface area contributed by atoms with Gasteiger partial charge in [0.25, 0.3) is 0 Å². The van der Waals surface area contributed by atoms with Crippen molar-refractivity contribution in [3.63, 3.8) is 0 Å². The molecule has 0 amide bonds. The van der Waals surface area contributed by atoms with Gasteiger partial charge in [-0.15, -0.1) is 0 Å². The van der Waals surface area contributed by atoms with Crippen molar-refractivity contribution in [1.29, 1.82) is 0 Å². The first-order valence-electron chi connectivity index (χ1n) is 5.75. The molecule has 1 N–H and O–H groups in total. The van der Waals surface area contributed by atoms with Crippen molar-refractivity contribution in [1.82, 2.24) is 0 Å². The standard InChI is InChI=1S/C13H11N5O2/c19-18(20)13(16-14-11-7-3-1-4-8-11)17-15-12-9-5-2-6-10-12/h1-10,14H/b16-13-,17-15?. The molecule has 0 saturated heterocycles. The Labute approximate surface area is 114 Å². The minimum absolute atomic E-state index is 0.516. The van der Waals surface area contributed by atoms with Crippen molar-refractivity contribution in [2.24, 2.45) is 15.3 Å². The van der Waals surface area contributed by atoms with Crippen LogP contribution in [0.25, 0.3) is 0 Å². The molecule has 0 heterocycles. The topological polar surface area (TPSA) is 92.2 Å². The van der Waals surface area contributed by atoms with Crippen molar-refractivity contribution in [2.75, 3.05) is 5.43 Å². The first-order chi connectivity index (χ1) is 9.75. The molecule has 20 heavy (non-hydrogen) atoms. The van der Waals surface area contributed by atoms with Gasteiger partial charge in [0.15, 0.2) is 0 Å². The van der Waals surface area contributed by atoms with Crippen LogP contribution >= 0.6 is 0 Å². The Morgan fingerprint density at radius 2 is 1.60 bits per heavy atom. The molecule has 0 aliphatic heterocycles. The minimum atomic E-state index is -0.706. The fourth-order valence-corrected chi connectivity index (χ4v) is 1.32. The van der Waals surface area contributed by atoms with Gasteiger partial charge in [-0.3, -0.25) is 0 Å². The average molecular weight is 269 g/mol. The van der Waals surface area contributed by atoms with E-state index in [9.17, 15) is 10.1 Å². The van der Waals surface area contributed by atoms with Gasteiger partial charge in [0, 0.05) is 5.10 Å². The molecule has 7 heteroatoms. The fourth-order valence-electron chi connectivity index (χ4n) is 1.32. The van der Waals surface area contributed by atoms with E-state index in [2.05, 4.69) is 20.8 Å². The molecule has 100 valence electrons. The molecule has 2 aromatic carbocycles. The Kier molecular flexibility index (Phi) is 4.50. The van der Waals surface area contributed by atoms with Crippen LogP contribution < -0.4 is 5.43 Å². The number of nitrogens with zero attached hydrogens (tertiary/aromatic N) is 4. The summed E-state index contributed by atoms with van der Waals surface area (Å²) >= 11 is 0. The monoisotopic (exact) mass is 269 g/mol. The number of hydrogen-bond acceptors (Lipinski definition) is 5. The highest BCUT2D eigenvalue weighted by Gasteiger charge is 2.11. The number of guanidine groups is 1. The average Bonchev–Trinajstić information content (AvgIpc) is 2.49. The molecule has 2 rings (SSSR count). The lowest BCUT2D eigenvalue weighted by molar-refractivity contribution is -0.352. The molecular formula is C13H11N5O2. The number of nitrogens with one attached hydrogen (secondary N) is 1. The summed E-state index contributed by atoms with van der Waals surface area (Å²) in [5, 5.41) is 21.7. The van der Waals surface area contributed by atoms with Crippen molar-refractivity contribution >= 4 is 17.3 Å². The quantitative estimate of drug-likeness (QED) is 0.304. The largest absolute Gasteiger partial charge is 0.511 e. The van der Waals surface area contributed by atoms with Crippen LogP contribution in [0.2, 0.25) is 0 Å². The molecular weight excluding hydrogens is 258 g/mol. The van der Waals surface area contributed by atoms with Gasteiger partial charge in [0.05, 0.1) is 10.8 Å². The third-order valence-electron chi connectivity index (χ3n) is 2.23. The van der Waals surface area contributed by atoms with E-state index in [1.54, 1.807) is 48.5 Å². The van der Waals surface area contributed by atoms with Gasteiger partial charge in [0.1, 0.15) is 5.69 Å². The second-order valence-corrected chi connectivity index (χ2v) is 3.68. The third kappa shape index (κ3) is 3.98. The number of azo groups is 1. The zero-order chi connectivity index (χ0) is 14.2. The molecule has 0 atom stereocenters. The van der Waals surface area contributed by atoms with E-state index in [1.165, 1.54) is 0 Å². The van der Waals surface area contributed by atoms with Gasteiger partial charge in [-0.25, -0.2) is 5.43 Å². The van der Waals surface area contributed by atoms with Gasteiger partial charge in [-0.1, -0.05) is 41.5 Å². The van der Waals surface area contributed by atoms with Crippen molar-refractivity contribution in [2.45, 2.75) is 0 Å². The molecule has 0 radical (unpaired) electrons. The summed E-state index contributed by atoms with van der Waals surface area (Å²) in [6.07, 6.45) is 0. The van der Waals surface area contributed by atoms with Crippen molar-refractivity contribution < 1.29 is 4.92 Å². The highest BCUT2D eigenvalue weighted by Crippen LogP contribution is 2.10. The van der Waals surface area contributed by atoms with E-state index in [1.807, 2.05) is 12.1 Å². The highest BCUT2D eigenvalue weighted by molar-refractivity contribution is 5.73. The second kappa shape index (κ2) is 6.74. The zero-order valence-electron chi connectivity index (χ0n) is 10.4. The van der Waals surface area contributed by atoms with Crippen LogP contribution in [0, 0.1) is 10.1 Å². The van der Waals surface area contributed by atoms with Crippen molar-refractivity contribution in [3.8, 4) is 0 Å². The van der Waals surface area contributed by atoms with Crippen LogP contribution in [-0.2, 0) is 0 Å². The molecule has 0 aromatic heterocycles. The van der Waals surface area contributed by atoms with Crippen LogP contribution in [0.15, 0.2) is 76.0 Å². The van der Waals surface area contributed by atoms with Gasteiger partial charge in [-0.2, -0.15) is 0 Å². The zero-order valence-corrected chi connectivity index (χ0v) is 10.4. The Balaban J connectivity index is 2.11. The maximum Gasteiger partial charge on any atom is 0.511 e. The third-order valence-corrected chi connectivity index (χ3v) is 2.23. The normalized spacial score (nSPS) is 11.5. The highest BCUT2D eigenvalue weighted by atomic mass is 16.6. The molecule has 7 nitrogen and oxygen atoms in total. The van der Waals surface area contributed by atoms with Crippen LogP contribution in [0.1, 0.15) is 0 Å². The summed E-state index contributed by atoms with van der Waals surface area (Å²) in [7, 11) is 0. The molecule has 0 fully saturated rings. The maximum absolute atomic E-state index is 10.8. The molecule has 2 aromatic rings. The molecule has 0 spiro atoms. The molecule has 0 unspecified atom stereocenters. The SMILES string of the molecule is O=[N+]([O-])/C(N=Nc1ccccc1)=N\Nc1ccccc1. The summed E-state index contributed by atoms with van der Waals surface area (Å²) in [5.41, 5.74) is 3.70. The minimum Gasteiger partial charge on any atom is -0.390 e. The number of para-hydroxylation sites is 1. The van der Waals surface area contributed by atoms with Gasteiger partial charge in [-0.05, 0) is 29.2 Å². The number of hydrogen-bond donors (Lipinski definition) is 1. The summed E-state index contributed by atoms with van der Waals surface area (Å²) in [6, 6.07) is 17.6. The van der Waals surface area contributed by atoms with E-state index in [0.29, 0.717) is 11.4 Å². The Morgan fingerprint density at radius 3 is 2.20 bits per heavy atom. The smallest absolute Gasteiger partial charge is 0.390 e. The van der Waals surface area contributed by atoms with Crippen LogP contribution in [0.4, 0.5) is 11.4 Å². The van der Waals surface area contributed by atoms with Gasteiger partial charge < -0.3 is 10.1 Å². The van der Waals surface area contributed by atoms with Crippen LogP contribution in [-0.4, -0.2) is 10.9 Å². The molecule has 0 bridgehead atoms. The first-order valence-corrected chi connectivity index (χ1v) is 5.75. The van der Waals surface area contributed by atoms with Gasteiger partial charge >= 0.3 is 5.96 Å². The lowest BCUT2D eigenvalue weighted by Gasteiger charge is -1.95. The van der Waals surface area contributed by atoms with E-state index in [4.69, 9.17) is 0 Å². The van der Waals surface area contributed by atoms with E-state index < -0.39 is 10.9 Å². The molecule has 0 saturated carbocycles. The number of hydrazone groups is 1. The number of nitro groups is 1. The summed E-state index contributed by atoms with van der Waals surface area (Å²) in [5.74, 6) is -0.613. The number of anilines is 1. The van der Waals surface area contributed by atoms with Crippen LogP contribution in [0.5, 0.6) is 0 Å². The van der Waals surface area contributed by atoms with Crippen molar-refractivity contribution in [3.05, 3.63) is 70.8 Å². The second-order valence-electron chi connectivity index (χ2n) is 3.68. The number of rotatable bonds is 3. The number of benzene rings is 2. The van der Waals surface area contributed by atoms with Gasteiger partial charge in [0.2, 0.25) is 0 Å². The lowest BCUT2D eigenvalue weighted by atomic mass is 10.3. The fraction of sp³-hybridized carbons (Fsp3) is 0. The Hall–Kier alpha value is -3.09. The van der Waals surface area contributed by atoms with E-state index >= 15 is 0 Å². The van der Waals surface area contributed by atoms with E-state index in [-0.39, 0.29) is 0 Å². The Morgan fingerprint density at radius 1 is 1.00 bits per heavy atom.